The number of hydrogen-bond donors (Lipinski definition) is 1. The van der Waals surface area contributed by atoms with Crippen LogP contribution < -0.4 is 0 Å². The molecule has 20 heavy (non-hydrogen) atoms. The van der Waals surface area contributed by atoms with Gasteiger partial charge in [-0.15, -0.1) is 0 Å². The molecule has 106 valence electrons. The summed E-state index contributed by atoms with van der Waals surface area (Å²) in [5.41, 5.74) is 6.66. The highest BCUT2D eigenvalue weighted by atomic mass is 32.1. The minimum Gasteiger partial charge on any atom is -0.299 e. The van der Waals surface area contributed by atoms with Crippen molar-refractivity contribution in [2.45, 2.75) is 39.0 Å². The molecule has 3 heteroatoms. The summed E-state index contributed by atoms with van der Waals surface area (Å²) >= 11 is 4.60. The summed E-state index contributed by atoms with van der Waals surface area (Å²) in [4.78, 5) is 7.50. The summed E-state index contributed by atoms with van der Waals surface area (Å²) in [5, 5.41) is 1.30. The summed E-state index contributed by atoms with van der Waals surface area (Å²) in [6, 6.07) is 6.56. The predicted molar refractivity (Wildman–Crippen MR) is 88.5 cm³/mol. The standard InChI is InChI=1S/C17H22N2S/c1-3-12-6-5-7-13-15(11-20)14-10-19(4-2)9-8-16(14)18-17(12)13/h5-7,20H,3-4,8-11H2,1-2H3. The Labute approximate surface area is 126 Å². The van der Waals surface area contributed by atoms with Crippen molar-refractivity contribution in [2.24, 2.45) is 0 Å². The van der Waals surface area contributed by atoms with Crippen LogP contribution in [0.5, 0.6) is 0 Å². The highest BCUT2D eigenvalue weighted by Gasteiger charge is 2.21. The molecule has 1 aliphatic rings. The number of aryl methyl sites for hydroxylation is 1. The van der Waals surface area contributed by atoms with E-state index < -0.39 is 0 Å². The molecule has 1 aromatic heterocycles. The molecule has 0 unspecified atom stereocenters. The summed E-state index contributed by atoms with van der Waals surface area (Å²) in [7, 11) is 0. The van der Waals surface area contributed by atoms with Crippen LogP contribution in [0.1, 0.15) is 36.2 Å². The molecule has 0 fully saturated rings. The second-order valence-electron chi connectivity index (χ2n) is 5.46. The van der Waals surface area contributed by atoms with E-state index in [1.165, 1.54) is 33.3 Å². The van der Waals surface area contributed by atoms with Gasteiger partial charge in [-0.25, -0.2) is 0 Å². The molecule has 0 atom stereocenters. The minimum atomic E-state index is 0.798. The van der Waals surface area contributed by atoms with Crippen LogP contribution in [0, 0.1) is 0 Å². The lowest BCUT2D eigenvalue weighted by Gasteiger charge is -2.29. The van der Waals surface area contributed by atoms with Gasteiger partial charge in [0.1, 0.15) is 0 Å². The van der Waals surface area contributed by atoms with Crippen LogP contribution in [-0.2, 0) is 25.1 Å². The molecule has 2 aromatic rings. The average molecular weight is 286 g/mol. The second kappa shape index (κ2) is 5.74. The van der Waals surface area contributed by atoms with Crippen molar-refractivity contribution in [3.8, 4) is 0 Å². The van der Waals surface area contributed by atoms with E-state index in [1.54, 1.807) is 0 Å². The van der Waals surface area contributed by atoms with Crippen LogP contribution in [0.4, 0.5) is 0 Å². The van der Waals surface area contributed by atoms with E-state index in [9.17, 15) is 0 Å². The summed E-state index contributed by atoms with van der Waals surface area (Å²) in [5.74, 6) is 0.798. The predicted octanol–water partition coefficient (Wildman–Crippen LogP) is 3.61. The highest BCUT2D eigenvalue weighted by molar-refractivity contribution is 7.79. The van der Waals surface area contributed by atoms with Gasteiger partial charge in [-0.2, -0.15) is 12.6 Å². The lowest BCUT2D eigenvalue weighted by Crippen LogP contribution is -2.31. The van der Waals surface area contributed by atoms with Gasteiger partial charge in [0.25, 0.3) is 0 Å². The van der Waals surface area contributed by atoms with E-state index in [2.05, 4.69) is 49.6 Å². The number of fused-ring (bicyclic) bond motifs is 2. The van der Waals surface area contributed by atoms with E-state index in [0.29, 0.717) is 0 Å². The maximum Gasteiger partial charge on any atom is 0.0740 e. The quantitative estimate of drug-likeness (QED) is 0.868. The lowest BCUT2D eigenvalue weighted by atomic mass is 9.95. The summed E-state index contributed by atoms with van der Waals surface area (Å²) in [6.45, 7) is 7.70. The molecule has 2 nitrogen and oxygen atoms in total. The smallest absolute Gasteiger partial charge is 0.0740 e. The first-order valence-electron chi connectivity index (χ1n) is 7.53. The van der Waals surface area contributed by atoms with E-state index >= 15 is 0 Å². The third-order valence-corrected chi connectivity index (χ3v) is 4.75. The molecular weight excluding hydrogens is 264 g/mol. The average Bonchev–Trinajstić information content (AvgIpc) is 2.51. The normalized spacial score (nSPS) is 15.6. The fraction of sp³-hybridized carbons (Fsp3) is 0.471. The van der Waals surface area contributed by atoms with Crippen LogP contribution >= 0.6 is 12.6 Å². The van der Waals surface area contributed by atoms with E-state index in [-0.39, 0.29) is 0 Å². The van der Waals surface area contributed by atoms with Gasteiger partial charge in [0, 0.05) is 36.3 Å². The number of para-hydroxylation sites is 1. The van der Waals surface area contributed by atoms with Crippen molar-refractivity contribution in [1.82, 2.24) is 9.88 Å². The number of rotatable bonds is 3. The third-order valence-electron chi connectivity index (χ3n) is 4.44. The zero-order valence-corrected chi connectivity index (χ0v) is 13.2. The van der Waals surface area contributed by atoms with E-state index in [0.717, 1.165) is 38.2 Å². The van der Waals surface area contributed by atoms with E-state index in [4.69, 9.17) is 4.98 Å². The number of likely N-dealkylation sites (N-methyl/N-ethyl adjacent to an activating group) is 1. The topological polar surface area (TPSA) is 16.1 Å². The Morgan fingerprint density at radius 3 is 2.85 bits per heavy atom. The zero-order valence-electron chi connectivity index (χ0n) is 12.3. The molecule has 0 N–H and O–H groups in total. The molecule has 1 aliphatic heterocycles. The minimum absolute atomic E-state index is 0.798. The van der Waals surface area contributed by atoms with Crippen LogP contribution in [0.3, 0.4) is 0 Å². The number of thiol groups is 1. The van der Waals surface area contributed by atoms with Crippen LogP contribution in [-0.4, -0.2) is 23.0 Å². The first-order chi connectivity index (χ1) is 9.78. The summed E-state index contributed by atoms with van der Waals surface area (Å²) < 4.78 is 0. The number of hydrogen-bond acceptors (Lipinski definition) is 3. The molecule has 0 radical (unpaired) electrons. The number of benzene rings is 1. The van der Waals surface area contributed by atoms with Crippen LogP contribution in [0.15, 0.2) is 18.2 Å². The van der Waals surface area contributed by atoms with Crippen molar-refractivity contribution in [2.75, 3.05) is 13.1 Å². The molecule has 0 saturated heterocycles. The largest absolute Gasteiger partial charge is 0.299 e. The van der Waals surface area contributed by atoms with Gasteiger partial charge in [-0.05, 0) is 29.7 Å². The van der Waals surface area contributed by atoms with Gasteiger partial charge in [-0.1, -0.05) is 32.0 Å². The molecule has 0 saturated carbocycles. The third kappa shape index (κ3) is 2.23. The molecule has 3 rings (SSSR count). The first-order valence-corrected chi connectivity index (χ1v) is 8.17. The van der Waals surface area contributed by atoms with Crippen molar-refractivity contribution in [3.05, 3.63) is 40.6 Å². The van der Waals surface area contributed by atoms with Crippen molar-refractivity contribution >= 4 is 23.5 Å². The summed E-state index contributed by atoms with van der Waals surface area (Å²) in [6.07, 6.45) is 2.11. The van der Waals surface area contributed by atoms with Gasteiger partial charge in [-0.3, -0.25) is 9.88 Å². The Hall–Kier alpha value is -1.06. The molecule has 0 spiro atoms. The van der Waals surface area contributed by atoms with Gasteiger partial charge in [0.15, 0.2) is 0 Å². The first kappa shape index (κ1) is 13.9. The molecular formula is C17H22N2S. The fourth-order valence-corrected chi connectivity index (χ4v) is 3.56. The van der Waals surface area contributed by atoms with Crippen LogP contribution in [0.25, 0.3) is 10.9 Å². The van der Waals surface area contributed by atoms with Gasteiger partial charge in [0.2, 0.25) is 0 Å². The van der Waals surface area contributed by atoms with Crippen molar-refractivity contribution < 1.29 is 0 Å². The monoisotopic (exact) mass is 286 g/mol. The Morgan fingerprint density at radius 2 is 2.15 bits per heavy atom. The number of pyridine rings is 1. The van der Waals surface area contributed by atoms with Gasteiger partial charge >= 0.3 is 0 Å². The lowest BCUT2D eigenvalue weighted by molar-refractivity contribution is 0.265. The van der Waals surface area contributed by atoms with Gasteiger partial charge in [0.05, 0.1) is 5.52 Å². The number of aromatic nitrogens is 1. The Kier molecular flexibility index (Phi) is 3.99. The fourth-order valence-electron chi connectivity index (χ4n) is 3.20. The van der Waals surface area contributed by atoms with Crippen LogP contribution in [0.2, 0.25) is 0 Å². The highest BCUT2D eigenvalue weighted by Crippen LogP contribution is 2.30. The number of nitrogens with zero attached hydrogens (tertiary/aromatic N) is 2. The Bertz CT molecular complexity index is 636. The maximum absolute atomic E-state index is 5.00. The van der Waals surface area contributed by atoms with Gasteiger partial charge < -0.3 is 0 Å². The molecule has 0 aliphatic carbocycles. The Morgan fingerprint density at radius 1 is 1.30 bits per heavy atom. The zero-order chi connectivity index (χ0) is 14.1. The molecule has 2 heterocycles. The molecule has 0 bridgehead atoms. The SMILES string of the molecule is CCc1cccc2c(CS)c3c(nc12)CCN(CC)C3. The second-order valence-corrected chi connectivity index (χ2v) is 5.78. The maximum atomic E-state index is 5.00. The van der Waals surface area contributed by atoms with Crippen molar-refractivity contribution in [1.29, 1.82) is 0 Å². The van der Waals surface area contributed by atoms with Crippen molar-refractivity contribution in [3.63, 3.8) is 0 Å². The molecule has 1 aromatic carbocycles. The Balaban J connectivity index is 2.25. The molecule has 0 amide bonds. The van der Waals surface area contributed by atoms with E-state index in [1.807, 2.05) is 0 Å².